The fraction of sp³-hybridized carbons (Fsp3) is 0.474. The van der Waals surface area contributed by atoms with Crippen LogP contribution in [0.2, 0.25) is 0 Å². The van der Waals surface area contributed by atoms with Gasteiger partial charge in [0.25, 0.3) is 5.91 Å². The molecule has 0 spiro atoms. The normalized spacial score (nSPS) is 17.3. The van der Waals surface area contributed by atoms with Crippen LogP contribution in [0.15, 0.2) is 29.8 Å². The van der Waals surface area contributed by atoms with E-state index in [1.165, 1.54) is 0 Å². The average Bonchev–Trinajstić information content (AvgIpc) is 3.12. The maximum absolute atomic E-state index is 12.1. The Kier molecular flexibility index (Phi) is 7.31. The molecule has 1 aromatic rings. The van der Waals surface area contributed by atoms with Crippen LogP contribution >= 0.6 is 0 Å². The summed E-state index contributed by atoms with van der Waals surface area (Å²) in [6.07, 6.45) is 5.73. The Morgan fingerprint density at radius 3 is 2.88 bits per heavy atom. The molecule has 0 aliphatic carbocycles. The number of amides is 1. The second-order valence-corrected chi connectivity index (χ2v) is 5.79. The summed E-state index contributed by atoms with van der Waals surface area (Å²) < 4.78 is 11.1. The molecule has 5 nitrogen and oxygen atoms in total. The Morgan fingerprint density at radius 2 is 2.25 bits per heavy atom. The molecule has 1 atom stereocenters. The first kappa shape index (κ1) is 18.0. The Hall–Kier alpha value is -2.32. The second kappa shape index (κ2) is 9.74. The second-order valence-electron chi connectivity index (χ2n) is 5.79. The highest BCUT2D eigenvalue weighted by molar-refractivity contribution is 6.01. The zero-order valence-corrected chi connectivity index (χ0v) is 14.1. The van der Waals surface area contributed by atoms with Gasteiger partial charge >= 0.3 is 0 Å². The molecule has 0 radical (unpaired) electrons. The third-order valence-corrected chi connectivity index (χ3v) is 3.84. The van der Waals surface area contributed by atoms with E-state index in [1.54, 1.807) is 6.08 Å². The summed E-state index contributed by atoms with van der Waals surface area (Å²) in [7, 11) is 0. The molecular weight excluding hydrogens is 304 g/mol. The molecule has 0 bridgehead atoms. The van der Waals surface area contributed by atoms with Gasteiger partial charge in [0.05, 0.1) is 12.7 Å². The zero-order chi connectivity index (χ0) is 17.2. The lowest BCUT2D eigenvalue weighted by Crippen LogP contribution is -2.32. The van der Waals surface area contributed by atoms with Gasteiger partial charge in [-0.3, -0.25) is 4.79 Å². The number of ether oxygens (including phenoxy) is 2. The minimum absolute atomic E-state index is 0.0634. The predicted molar refractivity (Wildman–Crippen MR) is 92.4 cm³/mol. The summed E-state index contributed by atoms with van der Waals surface area (Å²) in [5, 5.41) is 12.0. The van der Waals surface area contributed by atoms with Crippen molar-refractivity contribution in [3.8, 4) is 11.8 Å². The van der Waals surface area contributed by atoms with Crippen LogP contribution in [-0.4, -0.2) is 31.8 Å². The van der Waals surface area contributed by atoms with Crippen molar-refractivity contribution in [3.63, 3.8) is 0 Å². The van der Waals surface area contributed by atoms with Gasteiger partial charge in [-0.25, -0.2) is 0 Å². The standard InChI is InChI=1S/C19H24N2O3/c1-2-3-10-23-17-8-6-15(7-9-17)12-16(13-20)19(22)21-14-18-5-4-11-24-18/h6-9,12,18H,2-5,10-11,14H2,1H3,(H,21,22)/b16-12+/t18-/m1/s1. The molecule has 0 unspecified atom stereocenters. The number of nitrogens with one attached hydrogen (secondary N) is 1. The number of benzene rings is 1. The van der Waals surface area contributed by atoms with Gasteiger partial charge in [0.15, 0.2) is 0 Å². The summed E-state index contributed by atoms with van der Waals surface area (Å²) in [5.74, 6) is 0.429. The van der Waals surface area contributed by atoms with Crippen LogP contribution in [0.1, 0.15) is 38.2 Å². The summed E-state index contributed by atoms with van der Waals surface area (Å²) in [6.45, 7) is 4.00. The first-order valence-corrected chi connectivity index (χ1v) is 8.47. The largest absolute Gasteiger partial charge is 0.494 e. The lowest BCUT2D eigenvalue weighted by atomic mass is 10.1. The van der Waals surface area contributed by atoms with Gasteiger partial charge in [0.1, 0.15) is 17.4 Å². The molecule has 24 heavy (non-hydrogen) atoms. The molecule has 1 aromatic carbocycles. The van der Waals surface area contributed by atoms with Crippen molar-refractivity contribution in [2.75, 3.05) is 19.8 Å². The number of unbranched alkanes of at least 4 members (excludes halogenated alkanes) is 1. The monoisotopic (exact) mass is 328 g/mol. The van der Waals surface area contributed by atoms with Crippen LogP contribution in [0.3, 0.4) is 0 Å². The number of carbonyl (C=O) groups is 1. The van der Waals surface area contributed by atoms with Crippen LogP contribution in [0.4, 0.5) is 0 Å². The molecule has 2 rings (SSSR count). The van der Waals surface area contributed by atoms with Gasteiger partial charge in [-0.2, -0.15) is 5.26 Å². The Morgan fingerprint density at radius 1 is 1.46 bits per heavy atom. The van der Waals surface area contributed by atoms with E-state index in [1.807, 2.05) is 30.3 Å². The van der Waals surface area contributed by atoms with E-state index in [-0.39, 0.29) is 17.6 Å². The van der Waals surface area contributed by atoms with Crippen LogP contribution < -0.4 is 10.1 Å². The van der Waals surface area contributed by atoms with Gasteiger partial charge in [-0.15, -0.1) is 0 Å². The molecule has 1 N–H and O–H groups in total. The fourth-order valence-corrected chi connectivity index (χ4v) is 2.42. The molecule has 1 heterocycles. The van der Waals surface area contributed by atoms with Gasteiger partial charge in [0, 0.05) is 13.2 Å². The fourth-order valence-electron chi connectivity index (χ4n) is 2.42. The maximum Gasteiger partial charge on any atom is 0.262 e. The number of rotatable bonds is 8. The Labute approximate surface area is 143 Å². The van der Waals surface area contributed by atoms with Crippen LogP contribution in [-0.2, 0) is 9.53 Å². The van der Waals surface area contributed by atoms with Crippen molar-refractivity contribution in [2.45, 2.75) is 38.7 Å². The quantitative estimate of drug-likeness (QED) is 0.452. The van der Waals surface area contributed by atoms with Crippen LogP contribution in [0.25, 0.3) is 6.08 Å². The van der Waals surface area contributed by atoms with Crippen LogP contribution in [0, 0.1) is 11.3 Å². The number of nitrogens with zero attached hydrogens (tertiary/aromatic N) is 1. The van der Waals surface area contributed by atoms with Crippen LogP contribution in [0.5, 0.6) is 5.75 Å². The minimum Gasteiger partial charge on any atom is -0.494 e. The van der Waals surface area contributed by atoms with E-state index in [9.17, 15) is 10.1 Å². The summed E-state index contributed by atoms with van der Waals surface area (Å²) >= 11 is 0. The van der Waals surface area contributed by atoms with E-state index in [0.29, 0.717) is 13.2 Å². The molecular formula is C19H24N2O3. The van der Waals surface area contributed by atoms with E-state index in [2.05, 4.69) is 12.2 Å². The van der Waals surface area contributed by atoms with E-state index < -0.39 is 0 Å². The number of hydrogen-bond donors (Lipinski definition) is 1. The van der Waals surface area contributed by atoms with E-state index in [0.717, 1.165) is 43.6 Å². The van der Waals surface area contributed by atoms with Crippen molar-refractivity contribution in [1.82, 2.24) is 5.32 Å². The van der Waals surface area contributed by atoms with Crippen molar-refractivity contribution in [2.24, 2.45) is 0 Å². The summed E-state index contributed by atoms with van der Waals surface area (Å²) in [6, 6.07) is 9.33. The highest BCUT2D eigenvalue weighted by Crippen LogP contribution is 2.15. The minimum atomic E-state index is -0.365. The molecule has 1 aliphatic rings. The number of hydrogen-bond acceptors (Lipinski definition) is 4. The highest BCUT2D eigenvalue weighted by Gasteiger charge is 2.17. The van der Waals surface area contributed by atoms with Gasteiger partial charge in [-0.1, -0.05) is 25.5 Å². The molecule has 0 aromatic heterocycles. The predicted octanol–water partition coefficient (Wildman–Crippen LogP) is 3.07. The summed E-state index contributed by atoms with van der Waals surface area (Å²) in [4.78, 5) is 12.1. The molecule has 1 fully saturated rings. The third kappa shape index (κ3) is 5.71. The van der Waals surface area contributed by atoms with Gasteiger partial charge in [0.2, 0.25) is 0 Å². The topological polar surface area (TPSA) is 71.3 Å². The van der Waals surface area contributed by atoms with Gasteiger partial charge < -0.3 is 14.8 Å². The zero-order valence-electron chi connectivity index (χ0n) is 14.1. The molecule has 1 saturated heterocycles. The molecule has 1 aliphatic heterocycles. The molecule has 1 amide bonds. The lowest BCUT2D eigenvalue weighted by molar-refractivity contribution is -0.117. The first-order chi connectivity index (χ1) is 11.7. The maximum atomic E-state index is 12.1. The number of nitriles is 1. The Balaban J connectivity index is 1.90. The van der Waals surface area contributed by atoms with Crippen molar-refractivity contribution < 1.29 is 14.3 Å². The van der Waals surface area contributed by atoms with Crippen molar-refractivity contribution in [3.05, 3.63) is 35.4 Å². The molecule has 5 heteroatoms. The Bertz CT molecular complexity index is 596. The van der Waals surface area contributed by atoms with E-state index in [4.69, 9.17) is 9.47 Å². The average molecular weight is 328 g/mol. The molecule has 0 saturated carbocycles. The number of carbonyl (C=O) groups excluding carboxylic acids is 1. The molecule has 128 valence electrons. The highest BCUT2D eigenvalue weighted by atomic mass is 16.5. The van der Waals surface area contributed by atoms with Crippen molar-refractivity contribution in [1.29, 1.82) is 5.26 Å². The first-order valence-electron chi connectivity index (χ1n) is 8.47. The smallest absolute Gasteiger partial charge is 0.262 e. The lowest BCUT2D eigenvalue weighted by Gasteiger charge is -2.10. The van der Waals surface area contributed by atoms with Gasteiger partial charge in [-0.05, 0) is 43.0 Å². The van der Waals surface area contributed by atoms with Crippen molar-refractivity contribution >= 4 is 12.0 Å². The van der Waals surface area contributed by atoms with E-state index >= 15 is 0 Å². The third-order valence-electron chi connectivity index (χ3n) is 3.84. The SMILES string of the molecule is CCCCOc1ccc(/C=C(\C#N)C(=O)NC[C@H]2CCCO2)cc1. The summed E-state index contributed by atoms with van der Waals surface area (Å²) in [5.41, 5.74) is 0.884.